The number of nitrogens with zero attached hydrogens (tertiary/aromatic N) is 3. The van der Waals surface area contributed by atoms with Gasteiger partial charge in [-0.1, -0.05) is 0 Å². The standard InChI is InChI=1S/C17H18N4O3S/c1-10-9-25-17(19-10)21-16-18-6-5-12(20-16)11-7-13(22-2)15(24-4)14(8-11)23-3/h5-9H,1-4H3,(H,18,19,20,21). The minimum absolute atomic E-state index is 0.473. The second-order valence-corrected chi connectivity index (χ2v) is 5.96. The summed E-state index contributed by atoms with van der Waals surface area (Å²) in [4.78, 5) is 13.1. The molecule has 130 valence electrons. The number of aryl methyl sites for hydroxylation is 1. The fourth-order valence-electron chi connectivity index (χ4n) is 2.32. The summed E-state index contributed by atoms with van der Waals surface area (Å²) in [5.41, 5.74) is 2.51. The molecule has 0 aliphatic heterocycles. The maximum absolute atomic E-state index is 5.40. The van der Waals surface area contributed by atoms with Gasteiger partial charge >= 0.3 is 0 Å². The molecule has 0 spiro atoms. The Balaban J connectivity index is 1.97. The van der Waals surface area contributed by atoms with Gasteiger partial charge in [0.15, 0.2) is 16.6 Å². The molecule has 3 aromatic rings. The van der Waals surface area contributed by atoms with Gasteiger partial charge in [0, 0.05) is 17.1 Å². The molecular formula is C17H18N4O3S. The quantitative estimate of drug-likeness (QED) is 0.720. The van der Waals surface area contributed by atoms with Gasteiger partial charge in [-0.05, 0) is 25.1 Å². The lowest BCUT2D eigenvalue weighted by Crippen LogP contribution is -1.99. The number of hydrogen-bond donors (Lipinski definition) is 1. The van der Waals surface area contributed by atoms with Crippen LogP contribution in [0.5, 0.6) is 17.2 Å². The van der Waals surface area contributed by atoms with E-state index >= 15 is 0 Å². The van der Waals surface area contributed by atoms with Crippen LogP contribution in [0.3, 0.4) is 0 Å². The number of methoxy groups -OCH3 is 3. The molecule has 2 heterocycles. The predicted octanol–water partition coefficient (Wildman–Crippen LogP) is 3.68. The number of thiazole rings is 1. The minimum atomic E-state index is 0.473. The molecule has 0 atom stereocenters. The lowest BCUT2D eigenvalue weighted by Gasteiger charge is -2.14. The Hall–Kier alpha value is -2.87. The Morgan fingerprint density at radius 2 is 1.72 bits per heavy atom. The topological polar surface area (TPSA) is 78.4 Å². The lowest BCUT2D eigenvalue weighted by molar-refractivity contribution is 0.324. The van der Waals surface area contributed by atoms with Crippen LogP contribution in [0.2, 0.25) is 0 Å². The van der Waals surface area contributed by atoms with Crippen molar-refractivity contribution in [1.82, 2.24) is 15.0 Å². The van der Waals surface area contributed by atoms with Crippen LogP contribution in [-0.4, -0.2) is 36.3 Å². The van der Waals surface area contributed by atoms with Gasteiger partial charge in [0.05, 0.1) is 32.7 Å². The van der Waals surface area contributed by atoms with Gasteiger partial charge in [-0.2, -0.15) is 0 Å². The molecule has 0 aliphatic carbocycles. The molecule has 0 saturated carbocycles. The smallest absolute Gasteiger partial charge is 0.229 e. The zero-order valence-corrected chi connectivity index (χ0v) is 15.2. The van der Waals surface area contributed by atoms with E-state index in [1.807, 2.05) is 30.5 Å². The van der Waals surface area contributed by atoms with Crippen molar-refractivity contribution in [2.75, 3.05) is 26.6 Å². The molecule has 0 bridgehead atoms. The molecule has 8 heteroatoms. The Morgan fingerprint density at radius 3 is 2.28 bits per heavy atom. The first-order chi connectivity index (χ1) is 12.1. The van der Waals surface area contributed by atoms with Gasteiger partial charge in [0.1, 0.15) is 0 Å². The summed E-state index contributed by atoms with van der Waals surface area (Å²) in [7, 11) is 4.74. The van der Waals surface area contributed by atoms with Gasteiger partial charge in [0.2, 0.25) is 11.7 Å². The second kappa shape index (κ2) is 7.35. The molecular weight excluding hydrogens is 340 g/mol. The maximum Gasteiger partial charge on any atom is 0.229 e. The lowest BCUT2D eigenvalue weighted by atomic mass is 10.1. The third kappa shape index (κ3) is 3.63. The summed E-state index contributed by atoms with van der Waals surface area (Å²) in [6, 6.07) is 5.51. The van der Waals surface area contributed by atoms with Crippen LogP contribution in [0, 0.1) is 6.92 Å². The average Bonchev–Trinajstić information content (AvgIpc) is 3.05. The van der Waals surface area contributed by atoms with Crippen molar-refractivity contribution >= 4 is 22.4 Å². The Kier molecular flexibility index (Phi) is 4.99. The first-order valence-electron chi connectivity index (χ1n) is 7.47. The van der Waals surface area contributed by atoms with E-state index in [-0.39, 0.29) is 0 Å². The average molecular weight is 358 g/mol. The van der Waals surface area contributed by atoms with Gasteiger partial charge in [0.25, 0.3) is 0 Å². The van der Waals surface area contributed by atoms with E-state index in [0.29, 0.717) is 23.2 Å². The molecule has 0 saturated heterocycles. The molecule has 7 nitrogen and oxygen atoms in total. The Labute approximate surface area is 149 Å². The zero-order valence-electron chi connectivity index (χ0n) is 14.4. The van der Waals surface area contributed by atoms with Crippen LogP contribution in [0.25, 0.3) is 11.3 Å². The number of hydrogen-bond acceptors (Lipinski definition) is 8. The predicted molar refractivity (Wildman–Crippen MR) is 97.3 cm³/mol. The number of benzene rings is 1. The molecule has 1 N–H and O–H groups in total. The first kappa shape index (κ1) is 17.0. The third-order valence-corrected chi connectivity index (χ3v) is 4.33. The van der Waals surface area contributed by atoms with Gasteiger partial charge in [-0.25, -0.2) is 15.0 Å². The molecule has 0 amide bonds. The van der Waals surface area contributed by atoms with Crippen molar-refractivity contribution in [3.8, 4) is 28.5 Å². The fraction of sp³-hybridized carbons (Fsp3) is 0.235. The summed E-state index contributed by atoms with van der Waals surface area (Å²) >= 11 is 1.50. The van der Waals surface area contributed by atoms with E-state index in [0.717, 1.165) is 22.1 Å². The highest BCUT2D eigenvalue weighted by molar-refractivity contribution is 7.13. The summed E-state index contributed by atoms with van der Waals surface area (Å²) in [5.74, 6) is 2.15. The van der Waals surface area contributed by atoms with Crippen molar-refractivity contribution in [3.63, 3.8) is 0 Å². The monoisotopic (exact) mass is 358 g/mol. The van der Waals surface area contributed by atoms with Crippen LogP contribution in [0.15, 0.2) is 29.8 Å². The van der Waals surface area contributed by atoms with Crippen LogP contribution in [0.4, 0.5) is 11.1 Å². The number of nitrogens with one attached hydrogen (secondary N) is 1. The molecule has 1 aromatic carbocycles. The van der Waals surface area contributed by atoms with E-state index in [2.05, 4.69) is 20.3 Å². The van der Waals surface area contributed by atoms with E-state index in [4.69, 9.17) is 14.2 Å². The van der Waals surface area contributed by atoms with Crippen molar-refractivity contribution in [3.05, 3.63) is 35.5 Å². The highest BCUT2D eigenvalue weighted by Crippen LogP contribution is 2.40. The van der Waals surface area contributed by atoms with Crippen LogP contribution in [0.1, 0.15) is 5.69 Å². The first-order valence-corrected chi connectivity index (χ1v) is 8.35. The summed E-state index contributed by atoms with van der Waals surface area (Å²) in [6.45, 7) is 1.94. The van der Waals surface area contributed by atoms with Crippen molar-refractivity contribution < 1.29 is 14.2 Å². The number of aromatic nitrogens is 3. The normalized spacial score (nSPS) is 10.4. The highest BCUT2D eigenvalue weighted by Gasteiger charge is 2.15. The highest BCUT2D eigenvalue weighted by atomic mass is 32.1. The molecule has 0 radical (unpaired) electrons. The van der Waals surface area contributed by atoms with E-state index in [1.54, 1.807) is 27.5 Å². The Bertz CT molecular complexity index is 857. The minimum Gasteiger partial charge on any atom is -0.493 e. The summed E-state index contributed by atoms with van der Waals surface area (Å²) in [5, 5.41) is 5.83. The summed E-state index contributed by atoms with van der Waals surface area (Å²) < 4.78 is 16.1. The van der Waals surface area contributed by atoms with Crippen molar-refractivity contribution in [2.24, 2.45) is 0 Å². The van der Waals surface area contributed by atoms with E-state index < -0.39 is 0 Å². The van der Waals surface area contributed by atoms with Crippen LogP contribution >= 0.6 is 11.3 Å². The summed E-state index contributed by atoms with van der Waals surface area (Å²) in [6.07, 6.45) is 1.69. The number of ether oxygens (including phenoxy) is 3. The SMILES string of the molecule is COc1cc(-c2ccnc(Nc3nc(C)cs3)n2)cc(OC)c1OC. The number of rotatable bonds is 6. The second-order valence-electron chi connectivity index (χ2n) is 5.10. The largest absolute Gasteiger partial charge is 0.493 e. The third-order valence-electron chi connectivity index (χ3n) is 3.45. The van der Waals surface area contributed by atoms with E-state index in [1.165, 1.54) is 11.3 Å². The zero-order chi connectivity index (χ0) is 17.8. The maximum atomic E-state index is 5.40. The van der Waals surface area contributed by atoms with Crippen molar-refractivity contribution in [1.29, 1.82) is 0 Å². The molecule has 2 aromatic heterocycles. The molecule has 0 aliphatic rings. The number of anilines is 2. The van der Waals surface area contributed by atoms with Gasteiger partial charge in [-0.3, -0.25) is 0 Å². The van der Waals surface area contributed by atoms with Gasteiger partial charge in [-0.15, -0.1) is 11.3 Å². The van der Waals surface area contributed by atoms with Crippen LogP contribution < -0.4 is 19.5 Å². The molecule has 25 heavy (non-hydrogen) atoms. The van der Waals surface area contributed by atoms with E-state index in [9.17, 15) is 0 Å². The fourth-order valence-corrected chi connectivity index (χ4v) is 3.00. The van der Waals surface area contributed by atoms with Crippen molar-refractivity contribution in [2.45, 2.75) is 6.92 Å². The van der Waals surface area contributed by atoms with Crippen LogP contribution in [-0.2, 0) is 0 Å². The molecule has 0 fully saturated rings. The molecule has 3 rings (SSSR count). The molecule has 0 unspecified atom stereocenters. The Morgan fingerprint density at radius 1 is 1.00 bits per heavy atom. The van der Waals surface area contributed by atoms with Gasteiger partial charge < -0.3 is 19.5 Å².